The summed E-state index contributed by atoms with van der Waals surface area (Å²) < 4.78 is 30.0. The minimum absolute atomic E-state index is 0.0426. The number of hydrogen-bond acceptors (Lipinski definition) is 5. The summed E-state index contributed by atoms with van der Waals surface area (Å²) in [6.45, 7) is 4.26. The van der Waals surface area contributed by atoms with Gasteiger partial charge in [-0.3, -0.25) is 9.59 Å². The fourth-order valence-corrected chi connectivity index (χ4v) is 4.98. The predicted octanol–water partition coefficient (Wildman–Crippen LogP) is 3.02. The molecule has 0 N–H and O–H groups in total. The van der Waals surface area contributed by atoms with E-state index in [0.717, 1.165) is 29.8 Å². The van der Waals surface area contributed by atoms with Gasteiger partial charge in [-0.25, -0.2) is 8.42 Å². The van der Waals surface area contributed by atoms with Crippen molar-refractivity contribution in [1.29, 1.82) is 0 Å². The number of Topliss-reactive ketones (excluding diaryl/α,β-unsaturated/α-hetero) is 1. The van der Waals surface area contributed by atoms with Crippen molar-refractivity contribution in [2.24, 2.45) is 5.92 Å². The molecule has 1 aliphatic rings. The third-order valence-electron chi connectivity index (χ3n) is 5.14. The van der Waals surface area contributed by atoms with Gasteiger partial charge < -0.3 is 9.30 Å². The number of ether oxygens (including phenoxy) is 1. The average Bonchev–Trinajstić information content (AvgIpc) is 3.17. The molecule has 0 fully saturated rings. The van der Waals surface area contributed by atoms with Crippen LogP contribution < -0.4 is 0 Å². The molecule has 2 aromatic rings. The fourth-order valence-electron chi connectivity index (χ4n) is 3.58. The molecule has 1 aromatic heterocycles. The zero-order valence-electron chi connectivity index (χ0n) is 16.6. The Morgan fingerprint density at radius 1 is 1.17 bits per heavy atom. The molecule has 1 aromatic carbocycles. The molecule has 0 spiro atoms. The number of aryl methyl sites for hydroxylation is 2. The number of nitrogens with zero attached hydrogens (tertiary/aromatic N) is 1. The van der Waals surface area contributed by atoms with E-state index in [9.17, 15) is 18.0 Å². The van der Waals surface area contributed by atoms with Crippen LogP contribution in [0, 0.1) is 19.8 Å². The molecule has 2 heterocycles. The zero-order valence-corrected chi connectivity index (χ0v) is 17.4. The highest BCUT2D eigenvalue weighted by Crippen LogP contribution is 2.20. The number of rotatable bonds is 8. The summed E-state index contributed by atoms with van der Waals surface area (Å²) >= 11 is 0. The van der Waals surface area contributed by atoms with E-state index in [1.807, 2.05) is 38.1 Å². The first-order valence-corrected chi connectivity index (χ1v) is 11.3. The molecular weight excluding hydrogens is 390 g/mol. The van der Waals surface area contributed by atoms with E-state index < -0.39 is 15.8 Å². The Balaban J connectivity index is 1.55. The van der Waals surface area contributed by atoms with Gasteiger partial charge in [0.25, 0.3) is 0 Å². The SMILES string of the molecule is Cc1cc(C(=O)COC(=O)CC2C=CS(=O)(=O)C2)c(C)n1CCc1ccccc1. The first-order chi connectivity index (χ1) is 13.7. The number of carbonyl (C=O) groups is 2. The lowest BCUT2D eigenvalue weighted by Crippen LogP contribution is -2.18. The monoisotopic (exact) mass is 415 g/mol. The maximum Gasteiger partial charge on any atom is 0.306 e. The van der Waals surface area contributed by atoms with Crippen LogP contribution in [0.3, 0.4) is 0 Å². The fraction of sp³-hybridized carbons (Fsp3) is 0.364. The molecule has 0 radical (unpaired) electrons. The quantitative estimate of drug-likeness (QED) is 0.489. The van der Waals surface area contributed by atoms with Crippen LogP contribution in [0.2, 0.25) is 0 Å². The van der Waals surface area contributed by atoms with E-state index in [1.165, 1.54) is 11.6 Å². The Bertz CT molecular complexity index is 1030. The van der Waals surface area contributed by atoms with Crippen LogP contribution in [0.4, 0.5) is 0 Å². The van der Waals surface area contributed by atoms with E-state index in [2.05, 4.69) is 16.7 Å². The molecular formula is C22H25NO5S. The van der Waals surface area contributed by atoms with Crippen LogP contribution >= 0.6 is 0 Å². The van der Waals surface area contributed by atoms with E-state index in [1.54, 1.807) is 0 Å². The standard InChI is InChI=1S/C22H25NO5S/c1-16-12-20(17(2)23(16)10-8-18-6-4-3-5-7-18)21(24)14-28-22(25)13-19-9-11-29(26,27)15-19/h3-7,9,11-12,19H,8,10,13-15H2,1-2H3. The second kappa shape index (κ2) is 8.78. The third-order valence-corrected chi connectivity index (χ3v) is 6.60. The molecule has 154 valence electrons. The zero-order chi connectivity index (χ0) is 21.0. The molecule has 0 bridgehead atoms. The van der Waals surface area contributed by atoms with Crippen molar-refractivity contribution in [3.63, 3.8) is 0 Å². The summed E-state index contributed by atoms with van der Waals surface area (Å²) in [5.74, 6) is -1.29. The van der Waals surface area contributed by atoms with Crippen molar-refractivity contribution < 1.29 is 22.7 Å². The Morgan fingerprint density at radius 2 is 1.90 bits per heavy atom. The second-order valence-electron chi connectivity index (χ2n) is 7.38. The van der Waals surface area contributed by atoms with Gasteiger partial charge in [0.05, 0.1) is 12.2 Å². The maximum absolute atomic E-state index is 12.5. The summed E-state index contributed by atoms with van der Waals surface area (Å²) in [7, 11) is -3.21. The number of hydrogen-bond donors (Lipinski definition) is 0. The Morgan fingerprint density at radius 3 is 2.55 bits per heavy atom. The molecule has 6 nitrogen and oxygen atoms in total. The number of benzene rings is 1. The van der Waals surface area contributed by atoms with Gasteiger partial charge in [-0.1, -0.05) is 36.4 Å². The molecule has 0 saturated heterocycles. The minimum Gasteiger partial charge on any atom is -0.457 e. The molecule has 1 atom stereocenters. The number of esters is 1. The van der Waals surface area contributed by atoms with Crippen molar-refractivity contribution in [2.45, 2.75) is 33.2 Å². The summed E-state index contributed by atoms with van der Waals surface area (Å²) in [5.41, 5.74) is 3.61. The molecule has 1 aliphatic heterocycles. The first-order valence-electron chi connectivity index (χ1n) is 9.55. The lowest BCUT2D eigenvalue weighted by atomic mass is 10.1. The van der Waals surface area contributed by atoms with Gasteiger partial charge in [0.2, 0.25) is 5.78 Å². The summed E-state index contributed by atoms with van der Waals surface area (Å²) in [6.07, 6.45) is 2.31. The van der Waals surface area contributed by atoms with Crippen molar-refractivity contribution >= 4 is 21.6 Å². The highest BCUT2D eigenvalue weighted by atomic mass is 32.2. The van der Waals surface area contributed by atoms with E-state index >= 15 is 0 Å². The highest BCUT2D eigenvalue weighted by Gasteiger charge is 2.25. The lowest BCUT2D eigenvalue weighted by molar-refractivity contribution is -0.143. The second-order valence-corrected chi connectivity index (χ2v) is 9.31. The van der Waals surface area contributed by atoms with Crippen LogP contribution in [-0.4, -0.2) is 37.1 Å². The number of sulfone groups is 1. The molecule has 29 heavy (non-hydrogen) atoms. The molecule has 0 saturated carbocycles. The summed E-state index contributed by atoms with van der Waals surface area (Å²) in [5, 5.41) is 1.13. The first kappa shape index (κ1) is 21.0. The van der Waals surface area contributed by atoms with Crippen LogP contribution in [0.5, 0.6) is 0 Å². The number of aromatic nitrogens is 1. The van der Waals surface area contributed by atoms with Gasteiger partial charge >= 0.3 is 5.97 Å². The van der Waals surface area contributed by atoms with Crippen molar-refractivity contribution in [2.75, 3.05) is 12.4 Å². The van der Waals surface area contributed by atoms with Crippen LogP contribution in [0.25, 0.3) is 0 Å². The Hall–Kier alpha value is -2.67. The van der Waals surface area contributed by atoms with E-state index in [-0.39, 0.29) is 30.5 Å². The maximum atomic E-state index is 12.5. The van der Waals surface area contributed by atoms with E-state index in [0.29, 0.717) is 5.56 Å². The van der Waals surface area contributed by atoms with Gasteiger partial charge in [0, 0.05) is 34.8 Å². The third kappa shape index (κ3) is 5.44. The predicted molar refractivity (Wildman–Crippen MR) is 110 cm³/mol. The number of allylic oxidation sites excluding steroid dienone is 1. The number of ketones is 1. The summed E-state index contributed by atoms with van der Waals surface area (Å²) in [6, 6.07) is 12.0. The van der Waals surface area contributed by atoms with Gasteiger partial charge in [-0.05, 0) is 31.9 Å². The van der Waals surface area contributed by atoms with Crippen molar-refractivity contribution in [1.82, 2.24) is 4.57 Å². The largest absolute Gasteiger partial charge is 0.457 e. The molecule has 0 aliphatic carbocycles. The molecule has 3 rings (SSSR count). The number of carbonyl (C=O) groups excluding carboxylic acids is 2. The van der Waals surface area contributed by atoms with Gasteiger partial charge in [-0.15, -0.1) is 0 Å². The smallest absolute Gasteiger partial charge is 0.306 e. The Labute approximate surface area is 171 Å². The molecule has 0 amide bonds. The summed E-state index contributed by atoms with van der Waals surface area (Å²) in [4.78, 5) is 24.5. The Kier molecular flexibility index (Phi) is 6.37. The van der Waals surface area contributed by atoms with Gasteiger partial charge in [0.15, 0.2) is 16.4 Å². The lowest BCUT2D eigenvalue weighted by Gasteiger charge is -2.10. The van der Waals surface area contributed by atoms with Gasteiger partial charge in [0.1, 0.15) is 0 Å². The molecule has 1 unspecified atom stereocenters. The van der Waals surface area contributed by atoms with E-state index in [4.69, 9.17) is 4.74 Å². The average molecular weight is 416 g/mol. The highest BCUT2D eigenvalue weighted by molar-refractivity contribution is 7.94. The molecule has 7 heteroatoms. The van der Waals surface area contributed by atoms with Crippen LogP contribution in [-0.2, 0) is 32.3 Å². The normalized spacial score (nSPS) is 17.4. The van der Waals surface area contributed by atoms with Crippen molar-refractivity contribution in [3.05, 3.63) is 70.4 Å². The topological polar surface area (TPSA) is 82.4 Å². The van der Waals surface area contributed by atoms with Crippen molar-refractivity contribution in [3.8, 4) is 0 Å². The minimum atomic E-state index is -3.21. The van der Waals surface area contributed by atoms with Crippen LogP contribution in [0.1, 0.15) is 33.7 Å². The van der Waals surface area contributed by atoms with Gasteiger partial charge in [-0.2, -0.15) is 0 Å². The van der Waals surface area contributed by atoms with Crippen LogP contribution in [0.15, 0.2) is 47.9 Å².